The lowest BCUT2D eigenvalue weighted by molar-refractivity contribution is 0.373. The number of sulfonamides is 1. The first-order valence-corrected chi connectivity index (χ1v) is 11.2. The first-order chi connectivity index (χ1) is 14.0. The van der Waals surface area contributed by atoms with Crippen LogP contribution in [0.25, 0.3) is 11.5 Å². The van der Waals surface area contributed by atoms with E-state index in [1.165, 1.54) is 11.4 Å². The van der Waals surface area contributed by atoms with Crippen molar-refractivity contribution < 1.29 is 17.6 Å². The van der Waals surface area contributed by atoms with Gasteiger partial charge in [0.2, 0.25) is 10.0 Å². The van der Waals surface area contributed by atoms with E-state index in [0.29, 0.717) is 53.7 Å². The molecule has 2 aromatic heterocycles. The number of aromatic nitrogens is 2. The van der Waals surface area contributed by atoms with Crippen LogP contribution in [0.5, 0.6) is 5.75 Å². The summed E-state index contributed by atoms with van der Waals surface area (Å²) in [5, 5.41) is 8.47. The molecular formula is C19H19BrN4O4S. The fraction of sp³-hybridized carbons (Fsp3) is 0.263. The van der Waals surface area contributed by atoms with E-state index in [1.54, 1.807) is 30.5 Å². The lowest BCUT2D eigenvalue weighted by Crippen LogP contribution is -2.49. The molecule has 0 unspecified atom stereocenters. The van der Waals surface area contributed by atoms with Gasteiger partial charge in [-0.25, -0.2) is 8.42 Å². The minimum atomic E-state index is -3.67. The van der Waals surface area contributed by atoms with Crippen LogP contribution in [-0.2, 0) is 10.0 Å². The Morgan fingerprint density at radius 2 is 1.86 bits per heavy atom. The van der Waals surface area contributed by atoms with Crippen molar-refractivity contribution in [1.82, 2.24) is 14.5 Å². The van der Waals surface area contributed by atoms with Gasteiger partial charge in [-0.2, -0.15) is 4.31 Å². The molecule has 0 N–H and O–H groups in total. The zero-order chi connectivity index (χ0) is 20.4. The van der Waals surface area contributed by atoms with Crippen molar-refractivity contribution in [1.29, 1.82) is 0 Å². The van der Waals surface area contributed by atoms with Gasteiger partial charge >= 0.3 is 0 Å². The molecule has 0 saturated carbocycles. The molecule has 3 aromatic rings. The second kappa shape index (κ2) is 8.13. The van der Waals surface area contributed by atoms with E-state index in [4.69, 9.17) is 9.15 Å². The molecule has 0 aliphatic carbocycles. The monoisotopic (exact) mass is 478 g/mol. The molecule has 1 aliphatic rings. The highest BCUT2D eigenvalue weighted by Gasteiger charge is 2.31. The first kappa shape index (κ1) is 19.9. The van der Waals surface area contributed by atoms with E-state index >= 15 is 0 Å². The molecule has 0 radical (unpaired) electrons. The smallest absolute Gasteiger partial charge is 0.246 e. The molecule has 0 spiro atoms. The third-order valence-corrected chi connectivity index (χ3v) is 7.14. The van der Waals surface area contributed by atoms with Crippen molar-refractivity contribution in [2.75, 3.05) is 38.2 Å². The summed E-state index contributed by atoms with van der Waals surface area (Å²) < 4.78 is 38.9. The van der Waals surface area contributed by atoms with Gasteiger partial charge in [-0.1, -0.05) is 15.9 Å². The van der Waals surface area contributed by atoms with Crippen molar-refractivity contribution in [3.05, 3.63) is 53.2 Å². The van der Waals surface area contributed by atoms with Gasteiger partial charge in [0.1, 0.15) is 16.3 Å². The van der Waals surface area contributed by atoms with Crippen molar-refractivity contribution in [3.8, 4) is 17.2 Å². The molecule has 1 saturated heterocycles. The lowest BCUT2D eigenvalue weighted by Gasteiger charge is -2.34. The molecule has 4 rings (SSSR count). The van der Waals surface area contributed by atoms with Crippen molar-refractivity contribution in [2.45, 2.75) is 4.90 Å². The predicted molar refractivity (Wildman–Crippen MR) is 111 cm³/mol. The number of furan rings is 1. The van der Waals surface area contributed by atoms with Crippen LogP contribution in [0.15, 0.2) is 62.5 Å². The van der Waals surface area contributed by atoms with Crippen LogP contribution in [0.1, 0.15) is 0 Å². The fourth-order valence-corrected chi connectivity index (χ4v) is 5.31. The number of methoxy groups -OCH3 is 1. The van der Waals surface area contributed by atoms with E-state index in [0.717, 1.165) is 0 Å². The second-order valence-electron chi connectivity index (χ2n) is 6.44. The molecule has 0 atom stereocenters. The third kappa shape index (κ3) is 4.00. The largest absolute Gasteiger partial charge is 0.495 e. The van der Waals surface area contributed by atoms with Crippen LogP contribution in [0, 0.1) is 0 Å². The summed E-state index contributed by atoms with van der Waals surface area (Å²) in [5.74, 6) is 1.69. The molecule has 0 amide bonds. The van der Waals surface area contributed by atoms with Crippen LogP contribution in [0.3, 0.4) is 0 Å². The zero-order valence-corrected chi connectivity index (χ0v) is 18.1. The molecular weight excluding hydrogens is 460 g/mol. The number of benzene rings is 1. The number of nitrogens with zero attached hydrogens (tertiary/aromatic N) is 4. The maximum Gasteiger partial charge on any atom is 0.246 e. The Morgan fingerprint density at radius 1 is 1.07 bits per heavy atom. The van der Waals surface area contributed by atoms with Gasteiger partial charge in [0.15, 0.2) is 11.6 Å². The number of piperazine rings is 1. The molecule has 1 aliphatic heterocycles. The summed E-state index contributed by atoms with van der Waals surface area (Å²) >= 11 is 3.33. The minimum Gasteiger partial charge on any atom is -0.495 e. The normalized spacial score (nSPS) is 15.4. The number of ether oxygens (including phenoxy) is 1. The number of hydrogen-bond donors (Lipinski definition) is 0. The average Bonchev–Trinajstić information content (AvgIpc) is 3.29. The van der Waals surface area contributed by atoms with Gasteiger partial charge in [0.05, 0.1) is 13.4 Å². The summed E-state index contributed by atoms with van der Waals surface area (Å²) in [4.78, 5) is 2.17. The molecule has 8 nitrogen and oxygen atoms in total. The fourth-order valence-electron chi connectivity index (χ4n) is 3.20. The summed E-state index contributed by atoms with van der Waals surface area (Å²) in [5.41, 5.74) is 0.654. The van der Waals surface area contributed by atoms with Gasteiger partial charge in [0.25, 0.3) is 0 Å². The van der Waals surface area contributed by atoms with Gasteiger partial charge in [-0.05, 0) is 42.5 Å². The number of rotatable bonds is 5. The molecule has 1 fully saturated rings. The number of hydrogen-bond acceptors (Lipinski definition) is 7. The molecule has 3 heterocycles. The average molecular weight is 479 g/mol. The van der Waals surface area contributed by atoms with E-state index in [1.807, 2.05) is 23.1 Å². The molecule has 29 heavy (non-hydrogen) atoms. The number of anilines is 1. The van der Waals surface area contributed by atoms with E-state index < -0.39 is 10.0 Å². The third-order valence-electron chi connectivity index (χ3n) is 4.73. The van der Waals surface area contributed by atoms with Gasteiger partial charge in [-0.15, -0.1) is 10.2 Å². The Balaban J connectivity index is 1.47. The Labute approximate surface area is 177 Å². The Kier molecular flexibility index (Phi) is 5.57. The van der Waals surface area contributed by atoms with Crippen LogP contribution < -0.4 is 9.64 Å². The van der Waals surface area contributed by atoms with Gasteiger partial charge < -0.3 is 14.1 Å². The SMILES string of the molecule is COc1ccc(Br)cc1S(=O)(=O)N1CCN(c2ccc(-c3ccco3)nn2)CC1. The quantitative estimate of drug-likeness (QED) is 0.556. The van der Waals surface area contributed by atoms with E-state index in [9.17, 15) is 8.42 Å². The van der Waals surface area contributed by atoms with Gasteiger partial charge in [-0.3, -0.25) is 0 Å². The minimum absolute atomic E-state index is 0.158. The molecule has 1 aromatic carbocycles. The summed E-state index contributed by atoms with van der Waals surface area (Å²) in [7, 11) is -2.20. The summed E-state index contributed by atoms with van der Waals surface area (Å²) in [6.45, 7) is 1.73. The van der Waals surface area contributed by atoms with Crippen molar-refractivity contribution in [3.63, 3.8) is 0 Å². The maximum atomic E-state index is 13.1. The Hall–Kier alpha value is -2.43. The molecule has 10 heteroatoms. The highest BCUT2D eigenvalue weighted by Crippen LogP contribution is 2.30. The van der Waals surface area contributed by atoms with Crippen LogP contribution >= 0.6 is 15.9 Å². The maximum absolute atomic E-state index is 13.1. The highest BCUT2D eigenvalue weighted by atomic mass is 79.9. The Morgan fingerprint density at radius 3 is 2.48 bits per heavy atom. The van der Waals surface area contributed by atoms with Crippen molar-refractivity contribution in [2.24, 2.45) is 0 Å². The van der Waals surface area contributed by atoms with E-state index in [2.05, 4.69) is 26.1 Å². The van der Waals surface area contributed by atoms with Gasteiger partial charge in [0, 0.05) is 30.7 Å². The topological polar surface area (TPSA) is 88.8 Å². The second-order valence-corrected chi connectivity index (χ2v) is 9.26. The predicted octanol–water partition coefficient (Wildman–Crippen LogP) is 3.02. The number of halogens is 1. The van der Waals surface area contributed by atoms with E-state index in [-0.39, 0.29) is 4.90 Å². The summed E-state index contributed by atoms with van der Waals surface area (Å²) in [6, 6.07) is 12.3. The molecule has 0 bridgehead atoms. The highest BCUT2D eigenvalue weighted by molar-refractivity contribution is 9.10. The van der Waals surface area contributed by atoms with Crippen LogP contribution in [0.2, 0.25) is 0 Å². The lowest BCUT2D eigenvalue weighted by atomic mass is 10.3. The van der Waals surface area contributed by atoms with Crippen molar-refractivity contribution >= 4 is 31.8 Å². The first-order valence-electron chi connectivity index (χ1n) is 8.95. The van der Waals surface area contributed by atoms with Crippen LogP contribution in [0.4, 0.5) is 5.82 Å². The zero-order valence-electron chi connectivity index (χ0n) is 15.7. The molecule has 152 valence electrons. The summed E-state index contributed by atoms with van der Waals surface area (Å²) in [6.07, 6.45) is 1.59. The van der Waals surface area contributed by atoms with Crippen LogP contribution in [-0.4, -0.2) is 56.2 Å². The standard InChI is InChI=1S/C19H19BrN4O4S/c1-27-17-6-4-14(20)13-18(17)29(25,26)24-10-8-23(9-11-24)19-7-5-15(21-22-19)16-3-2-12-28-16/h2-7,12-13H,8-11H2,1H3. The Bertz CT molecular complexity index is 1080.